The number of hydrogen-bond donors (Lipinski definition) is 1. The van der Waals surface area contributed by atoms with Gasteiger partial charge in [-0.05, 0) is 31.4 Å². The van der Waals surface area contributed by atoms with Crippen LogP contribution in [0.3, 0.4) is 0 Å². The van der Waals surface area contributed by atoms with Gasteiger partial charge in [-0.25, -0.2) is 4.99 Å². The van der Waals surface area contributed by atoms with E-state index >= 15 is 0 Å². The number of hydrogen-bond acceptors (Lipinski definition) is 5. The fraction of sp³-hybridized carbons (Fsp3) is 0.217. The van der Waals surface area contributed by atoms with Crippen LogP contribution in [0.25, 0.3) is 16.8 Å². The number of likely N-dealkylation sites (N-methyl/N-ethyl adjacent to an activating group) is 1. The summed E-state index contributed by atoms with van der Waals surface area (Å²) >= 11 is 1.26. The number of fused-ring (bicyclic) bond motifs is 1. The van der Waals surface area contributed by atoms with Gasteiger partial charge in [-0.2, -0.15) is 5.10 Å². The number of thioether (sulfide) groups is 1. The number of carbonyl (C=O) groups excluding carboxylic acids is 2. The lowest BCUT2D eigenvalue weighted by atomic mass is 10.1. The van der Waals surface area contributed by atoms with Gasteiger partial charge in [0.2, 0.25) is 5.91 Å². The minimum Gasteiger partial charge on any atom is -0.325 e. The fourth-order valence-electron chi connectivity index (χ4n) is 3.36. The summed E-state index contributed by atoms with van der Waals surface area (Å²) in [6.45, 7) is 5.14. The smallest absolute Gasteiger partial charge is 0.278 e. The number of benzene rings is 2. The zero-order chi connectivity index (χ0) is 21.8. The highest BCUT2D eigenvalue weighted by atomic mass is 32.2. The number of nitrogens with zero attached hydrogens (tertiary/aromatic N) is 4. The van der Waals surface area contributed by atoms with E-state index in [4.69, 9.17) is 0 Å². The molecule has 3 aromatic rings. The molecule has 1 aliphatic rings. The summed E-state index contributed by atoms with van der Waals surface area (Å²) in [6.07, 6.45) is 5.31. The van der Waals surface area contributed by atoms with Crippen LogP contribution in [0.15, 0.2) is 65.5 Å². The van der Waals surface area contributed by atoms with Gasteiger partial charge in [0.25, 0.3) is 5.91 Å². The second-order valence-corrected chi connectivity index (χ2v) is 7.91. The number of amidine groups is 1. The van der Waals surface area contributed by atoms with Gasteiger partial charge in [-0.3, -0.25) is 19.2 Å². The highest BCUT2D eigenvalue weighted by Gasteiger charge is 2.29. The molecule has 0 saturated carbocycles. The monoisotopic (exact) mass is 433 g/mol. The van der Waals surface area contributed by atoms with Crippen molar-refractivity contribution in [2.45, 2.75) is 20.4 Å². The Morgan fingerprint density at radius 3 is 2.71 bits per heavy atom. The summed E-state index contributed by atoms with van der Waals surface area (Å²) in [5, 5.41) is 9.78. The molecule has 0 bridgehead atoms. The summed E-state index contributed by atoms with van der Waals surface area (Å²) in [6, 6.07) is 13.7. The fourth-order valence-corrected chi connectivity index (χ4v) is 4.22. The largest absolute Gasteiger partial charge is 0.325 e. The average molecular weight is 434 g/mol. The molecule has 7 nitrogen and oxygen atoms in total. The molecule has 31 heavy (non-hydrogen) atoms. The van der Waals surface area contributed by atoms with Gasteiger partial charge in [-0.1, -0.05) is 48.2 Å². The van der Waals surface area contributed by atoms with Crippen molar-refractivity contribution >= 4 is 51.3 Å². The van der Waals surface area contributed by atoms with Crippen LogP contribution in [0.2, 0.25) is 0 Å². The van der Waals surface area contributed by atoms with Crippen LogP contribution in [0.5, 0.6) is 0 Å². The van der Waals surface area contributed by atoms with E-state index < -0.39 is 0 Å². The van der Waals surface area contributed by atoms with Crippen LogP contribution in [0, 0.1) is 0 Å². The third kappa shape index (κ3) is 4.54. The molecule has 0 saturated heterocycles. The Morgan fingerprint density at radius 2 is 1.94 bits per heavy atom. The van der Waals surface area contributed by atoms with E-state index in [1.54, 1.807) is 21.9 Å². The van der Waals surface area contributed by atoms with Gasteiger partial charge in [0.1, 0.15) is 5.70 Å². The molecule has 158 valence electrons. The number of amides is 2. The van der Waals surface area contributed by atoms with Crippen LogP contribution >= 0.6 is 11.8 Å². The molecule has 0 aliphatic carbocycles. The van der Waals surface area contributed by atoms with Crippen LogP contribution in [-0.2, 0) is 16.1 Å². The lowest BCUT2D eigenvalue weighted by Gasteiger charge is -2.15. The molecule has 0 radical (unpaired) electrons. The van der Waals surface area contributed by atoms with Crippen LogP contribution in [0.1, 0.15) is 19.4 Å². The van der Waals surface area contributed by atoms with E-state index in [1.165, 1.54) is 11.8 Å². The summed E-state index contributed by atoms with van der Waals surface area (Å²) in [4.78, 5) is 31.4. The maximum absolute atomic E-state index is 12.7. The maximum Gasteiger partial charge on any atom is 0.278 e. The quantitative estimate of drug-likeness (QED) is 0.596. The van der Waals surface area contributed by atoms with Gasteiger partial charge in [0.05, 0.1) is 11.9 Å². The molecule has 0 spiro atoms. The molecule has 0 unspecified atom stereocenters. The van der Waals surface area contributed by atoms with Crippen molar-refractivity contribution in [2.75, 3.05) is 17.6 Å². The molecule has 2 aromatic carbocycles. The summed E-state index contributed by atoms with van der Waals surface area (Å²) in [5.41, 5.74) is 1.95. The Balaban J connectivity index is 1.46. The molecule has 0 atom stereocenters. The first-order valence-corrected chi connectivity index (χ1v) is 11.1. The Labute approximate surface area is 184 Å². The van der Waals surface area contributed by atoms with Crippen LogP contribution < -0.4 is 5.32 Å². The van der Waals surface area contributed by atoms with Gasteiger partial charge < -0.3 is 5.32 Å². The second-order valence-electron chi connectivity index (χ2n) is 6.97. The summed E-state index contributed by atoms with van der Waals surface area (Å²) in [7, 11) is 0. The van der Waals surface area contributed by atoms with Crippen LogP contribution in [-0.4, -0.2) is 44.0 Å². The van der Waals surface area contributed by atoms with Crippen molar-refractivity contribution in [3.63, 3.8) is 0 Å². The van der Waals surface area contributed by atoms with E-state index in [0.29, 0.717) is 17.4 Å². The molecule has 4 rings (SSSR count). The zero-order valence-corrected chi connectivity index (χ0v) is 18.2. The van der Waals surface area contributed by atoms with Gasteiger partial charge >= 0.3 is 0 Å². The van der Waals surface area contributed by atoms with Gasteiger partial charge in [0, 0.05) is 35.9 Å². The predicted molar refractivity (Wildman–Crippen MR) is 126 cm³/mol. The van der Waals surface area contributed by atoms with Gasteiger partial charge in [-0.15, -0.1) is 0 Å². The second kappa shape index (κ2) is 9.18. The molecule has 2 heterocycles. The topological polar surface area (TPSA) is 79.6 Å². The standard InChI is InChI=1S/C23H23N5O2S/c1-3-27-14-16(13-24-27)12-20-22(30)28(4-2)23(26-20)31-15-21(29)25-19-11-7-9-17-8-5-6-10-18(17)19/h5-14H,3-4,15H2,1-2H3,(H,25,29)/b20-12+. The zero-order valence-electron chi connectivity index (χ0n) is 17.4. The van der Waals surface area contributed by atoms with Crippen molar-refractivity contribution in [3.05, 3.63) is 66.1 Å². The Bertz CT molecular complexity index is 1190. The number of carbonyl (C=O) groups is 2. The normalized spacial score (nSPS) is 15.0. The number of aliphatic imine (C=N–C) groups is 1. The summed E-state index contributed by atoms with van der Waals surface area (Å²) < 4.78 is 1.79. The Morgan fingerprint density at radius 1 is 1.13 bits per heavy atom. The molecule has 1 aromatic heterocycles. The molecule has 1 aliphatic heterocycles. The third-order valence-electron chi connectivity index (χ3n) is 4.90. The predicted octanol–water partition coefficient (Wildman–Crippen LogP) is 3.99. The van der Waals surface area contributed by atoms with Crippen LogP contribution in [0.4, 0.5) is 5.69 Å². The van der Waals surface area contributed by atoms with E-state index in [9.17, 15) is 9.59 Å². The highest BCUT2D eigenvalue weighted by molar-refractivity contribution is 8.14. The SMILES string of the molecule is CCN1C(=O)/C(=C\c2cnn(CC)c2)N=C1SCC(=O)Nc1cccc2ccccc12. The molecule has 8 heteroatoms. The lowest BCUT2D eigenvalue weighted by Crippen LogP contribution is -2.31. The van der Waals surface area contributed by atoms with Crippen molar-refractivity contribution < 1.29 is 9.59 Å². The van der Waals surface area contributed by atoms with E-state index in [-0.39, 0.29) is 17.6 Å². The first-order chi connectivity index (χ1) is 15.1. The average Bonchev–Trinajstić information content (AvgIpc) is 3.36. The first kappa shape index (κ1) is 20.9. The van der Waals surface area contributed by atoms with E-state index in [0.717, 1.165) is 28.6 Å². The van der Waals surface area contributed by atoms with Gasteiger partial charge in [0.15, 0.2) is 5.17 Å². The Kier molecular flexibility index (Phi) is 6.18. The van der Waals surface area contributed by atoms with E-state index in [1.807, 2.05) is 62.5 Å². The maximum atomic E-state index is 12.7. The molecular formula is C23H23N5O2S. The highest BCUT2D eigenvalue weighted by Crippen LogP contribution is 2.25. The number of nitrogens with one attached hydrogen (secondary N) is 1. The van der Waals surface area contributed by atoms with Crippen molar-refractivity contribution in [1.82, 2.24) is 14.7 Å². The first-order valence-electron chi connectivity index (χ1n) is 10.1. The summed E-state index contributed by atoms with van der Waals surface area (Å²) in [5.74, 6) is -0.148. The van der Waals surface area contributed by atoms with Crippen molar-refractivity contribution in [2.24, 2.45) is 4.99 Å². The molecular weight excluding hydrogens is 410 g/mol. The minimum absolute atomic E-state index is 0.144. The molecule has 1 N–H and O–H groups in total. The number of rotatable bonds is 6. The van der Waals surface area contributed by atoms with Crippen molar-refractivity contribution in [1.29, 1.82) is 0 Å². The minimum atomic E-state index is -0.163. The number of aryl methyl sites for hydroxylation is 1. The van der Waals surface area contributed by atoms with E-state index in [2.05, 4.69) is 15.4 Å². The number of anilines is 1. The molecule has 0 fully saturated rings. The molecule has 2 amide bonds. The Hall–Kier alpha value is -3.39. The lowest BCUT2D eigenvalue weighted by molar-refractivity contribution is -0.122. The number of aromatic nitrogens is 2. The third-order valence-corrected chi connectivity index (χ3v) is 5.88. The van der Waals surface area contributed by atoms with Crippen molar-refractivity contribution in [3.8, 4) is 0 Å².